The van der Waals surface area contributed by atoms with E-state index in [1.165, 1.54) is 18.2 Å². The van der Waals surface area contributed by atoms with Crippen molar-refractivity contribution in [1.29, 1.82) is 0 Å². The van der Waals surface area contributed by atoms with Gasteiger partial charge in [0.05, 0.1) is 5.56 Å². The lowest BCUT2D eigenvalue weighted by Gasteiger charge is -2.16. The predicted molar refractivity (Wildman–Crippen MR) is 84.3 cm³/mol. The summed E-state index contributed by atoms with van der Waals surface area (Å²) in [5.74, 6) is -0.842. The number of alkyl halides is 3. The highest BCUT2D eigenvalue weighted by Crippen LogP contribution is 2.29. The summed E-state index contributed by atoms with van der Waals surface area (Å²) >= 11 is 0. The number of halogens is 4. The number of hydrogen-bond acceptors (Lipinski definition) is 2. The first-order valence-electron chi connectivity index (χ1n) is 7.17. The van der Waals surface area contributed by atoms with Gasteiger partial charge in [-0.1, -0.05) is 6.07 Å². The van der Waals surface area contributed by atoms with Crippen LogP contribution in [-0.2, 0) is 11.0 Å². The summed E-state index contributed by atoms with van der Waals surface area (Å²) < 4.78 is 50.9. The summed E-state index contributed by atoms with van der Waals surface area (Å²) in [6, 6.07) is 7.94. The van der Waals surface area contributed by atoms with E-state index in [1.54, 1.807) is 26.0 Å². The van der Waals surface area contributed by atoms with Crippen LogP contribution in [0.2, 0.25) is 0 Å². The van der Waals surface area contributed by atoms with Crippen LogP contribution in [0.25, 0.3) is 0 Å². The lowest BCUT2D eigenvalue weighted by molar-refractivity contribution is -0.137. The molecule has 0 spiro atoms. The molecule has 128 valence electrons. The number of hydrogen-bond donors (Lipinski definition) is 2. The van der Waals surface area contributed by atoms with E-state index >= 15 is 0 Å². The second-order valence-corrected chi connectivity index (χ2v) is 5.39. The van der Waals surface area contributed by atoms with E-state index in [9.17, 15) is 22.4 Å². The Labute approximate surface area is 136 Å². The maximum Gasteiger partial charge on any atom is 0.416 e. The highest BCUT2D eigenvalue weighted by molar-refractivity contribution is 5.96. The van der Waals surface area contributed by atoms with Gasteiger partial charge in [-0.2, -0.15) is 13.2 Å². The molecule has 2 rings (SSSR count). The molecule has 2 aromatic carbocycles. The number of carbonyl (C=O) groups is 1. The normalized spacial score (nSPS) is 12.6. The van der Waals surface area contributed by atoms with Gasteiger partial charge < -0.3 is 10.6 Å². The summed E-state index contributed by atoms with van der Waals surface area (Å²) in [6.07, 6.45) is -4.42. The lowest BCUT2D eigenvalue weighted by atomic mass is 10.2. The van der Waals surface area contributed by atoms with Crippen LogP contribution in [-0.4, -0.2) is 11.9 Å². The number of nitrogens with one attached hydrogen (secondary N) is 2. The Kier molecular flexibility index (Phi) is 5.11. The highest BCUT2D eigenvalue weighted by Gasteiger charge is 2.30. The molecule has 24 heavy (non-hydrogen) atoms. The largest absolute Gasteiger partial charge is 0.416 e. The molecule has 2 aromatic rings. The van der Waals surface area contributed by atoms with Gasteiger partial charge >= 0.3 is 6.18 Å². The van der Waals surface area contributed by atoms with Gasteiger partial charge in [0.25, 0.3) is 0 Å². The number of amides is 1. The average molecular weight is 340 g/mol. The Morgan fingerprint density at radius 2 is 1.62 bits per heavy atom. The molecule has 0 heterocycles. The van der Waals surface area contributed by atoms with Crippen molar-refractivity contribution < 1.29 is 22.4 Å². The third-order valence-electron chi connectivity index (χ3n) is 3.43. The fourth-order valence-corrected chi connectivity index (χ4v) is 1.99. The second kappa shape index (κ2) is 6.90. The van der Waals surface area contributed by atoms with Crippen molar-refractivity contribution in [2.24, 2.45) is 0 Å². The predicted octanol–water partition coefficient (Wildman–Crippen LogP) is 4.59. The van der Waals surface area contributed by atoms with Crippen LogP contribution >= 0.6 is 0 Å². The summed E-state index contributed by atoms with van der Waals surface area (Å²) in [5.41, 5.74) is 0.383. The van der Waals surface area contributed by atoms with Gasteiger partial charge in [-0.25, -0.2) is 4.39 Å². The molecule has 1 atom stereocenters. The fraction of sp³-hybridized carbons (Fsp3) is 0.235. The van der Waals surface area contributed by atoms with Crippen molar-refractivity contribution in [2.75, 3.05) is 10.6 Å². The van der Waals surface area contributed by atoms with E-state index in [0.29, 0.717) is 11.3 Å². The van der Waals surface area contributed by atoms with Gasteiger partial charge in [0.15, 0.2) is 0 Å². The first kappa shape index (κ1) is 17.8. The van der Waals surface area contributed by atoms with Crippen molar-refractivity contribution in [3.8, 4) is 0 Å². The molecule has 3 nitrogen and oxygen atoms in total. The third-order valence-corrected chi connectivity index (χ3v) is 3.43. The number of benzene rings is 2. The Morgan fingerprint density at radius 1 is 1.04 bits per heavy atom. The number of rotatable bonds is 4. The SMILES string of the molecule is Cc1ccc(N[C@H](C)C(=O)Nc2ccc(C(F)(F)F)cc2)cc1F. The molecule has 0 bridgehead atoms. The highest BCUT2D eigenvalue weighted by atomic mass is 19.4. The van der Waals surface area contributed by atoms with Gasteiger partial charge in [-0.15, -0.1) is 0 Å². The molecule has 0 radical (unpaired) electrons. The van der Waals surface area contributed by atoms with Crippen LogP contribution in [0.15, 0.2) is 42.5 Å². The molecular formula is C17H16F4N2O. The zero-order valence-corrected chi connectivity index (χ0v) is 13.0. The topological polar surface area (TPSA) is 41.1 Å². The Balaban J connectivity index is 1.99. The minimum Gasteiger partial charge on any atom is -0.374 e. The molecule has 0 aliphatic carbocycles. The Bertz CT molecular complexity index is 726. The first-order valence-corrected chi connectivity index (χ1v) is 7.17. The zero-order valence-electron chi connectivity index (χ0n) is 13.0. The maximum absolute atomic E-state index is 13.5. The first-order chi connectivity index (χ1) is 11.2. The van der Waals surface area contributed by atoms with Crippen LogP contribution < -0.4 is 10.6 Å². The smallest absolute Gasteiger partial charge is 0.374 e. The maximum atomic E-state index is 13.5. The van der Waals surface area contributed by atoms with Crippen molar-refractivity contribution >= 4 is 17.3 Å². The monoisotopic (exact) mass is 340 g/mol. The van der Waals surface area contributed by atoms with E-state index in [2.05, 4.69) is 10.6 Å². The van der Waals surface area contributed by atoms with Crippen LogP contribution in [0.1, 0.15) is 18.1 Å². The minimum absolute atomic E-state index is 0.247. The molecule has 0 unspecified atom stereocenters. The molecule has 0 aromatic heterocycles. The summed E-state index contributed by atoms with van der Waals surface area (Å²) in [7, 11) is 0. The van der Waals surface area contributed by atoms with E-state index in [4.69, 9.17) is 0 Å². The number of anilines is 2. The van der Waals surface area contributed by atoms with Crippen LogP contribution in [0, 0.1) is 12.7 Å². The summed E-state index contributed by atoms with van der Waals surface area (Å²) in [4.78, 5) is 12.1. The van der Waals surface area contributed by atoms with Gasteiger partial charge in [-0.3, -0.25) is 4.79 Å². The third kappa shape index (κ3) is 4.47. The molecule has 0 fully saturated rings. The Hall–Kier alpha value is -2.57. The average Bonchev–Trinajstić information content (AvgIpc) is 2.50. The van der Waals surface area contributed by atoms with Crippen LogP contribution in [0.4, 0.5) is 28.9 Å². The van der Waals surface area contributed by atoms with Crippen molar-refractivity contribution in [3.05, 3.63) is 59.4 Å². The second-order valence-electron chi connectivity index (χ2n) is 5.39. The van der Waals surface area contributed by atoms with Gasteiger partial charge in [0.1, 0.15) is 11.9 Å². The zero-order chi connectivity index (χ0) is 17.9. The van der Waals surface area contributed by atoms with Gasteiger partial charge in [0, 0.05) is 11.4 Å². The van der Waals surface area contributed by atoms with Gasteiger partial charge in [0.2, 0.25) is 5.91 Å². The molecule has 0 saturated heterocycles. The molecular weight excluding hydrogens is 324 g/mol. The van der Waals surface area contributed by atoms with Crippen molar-refractivity contribution in [3.63, 3.8) is 0 Å². The van der Waals surface area contributed by atoms with E-state index in [-0.39, 0.29) is 5.69 Å². The van der Waals surface area contributed by atoms with Crippen molar-refractivity contribution in [2.45, 2.75) is 26.1 Å². The summed E-state index contributed by atoms with van der Waals surface area (Å²) in [5, 5.41) is 5.34. The quantitative estimate of drug-likeness (QED) is 0.799. The van der Waals surface area contributed by atoms with E-state index in [0.717, 1.165) is 12.1 Å². The number of aryl methyl sites for hydroxylation is 1. The standard InChI is InChI=1S/C17H16F4N2O/c1-10-3-6-14(9-15(10)18)22-11(2)16(24)23-13-7-4-12(5-8-13)17(19,20)21/h3-9,11,22H,1-2H3,(H,23,24)/t11-/m1/s1. The fourth-order valence-electron chi connectivity index (χ4n) is 1.99. The van der Waals surface area contributed by atoms with E-state index < -0.39 is 29.5 Å². The minimum atomic E-state index is -4.42. The molecule has 0 aliphatic rings. The lowest BCUT2D eigenvalue weighted by Crippen LogP contribution is -2.31. The summed E-state index contributed by atoms with van der Waals surface area (Å²) in [6.45, 7) is 3.19. The molecule has 0 aliphatic heterocycles. The van der Waals surface area contributed by atoms with Crippen LogP contribution in [0.3, 0.4) is 0 Å². The molecule has 1 amide bonds. The van der Waals surface area contributed by atoms with Gasteiger partial charge in [-0.05, 0) is 55.8 Å². The van der Waals surface area contributed by atoms with Crippen molar-refractivity contribution in [1.82, 2.24) is 0 Å². The van der Waals surface area contributed by atoms with Crippen LogP contribution in [0.5, 0.6) is 0 Å². The molecule has 7 heteroatoms. The Morgan fingerprint density at radius 3 is 2.17 bits per heavy atom. The molecule has 0 saturated carbocycles. The van der Waals surface area contributed by atoms with E-state index in [1.807, 2.05) is 0 Å². The molecule has 2 N–H and O–H groups in total. The number of carbonyl (C=O) groups excluding carboxylic acids is 1.